The predicted octanol–water partition coefficient (Wildman–Crippen LogP) is -0.0663. The van der Waals surface area contributed by atoms with Crippen LogP contribution in [0.2, 0.25) is 0 Å². The molecule has 1 N–H and O–H groups in total. The molecule has 0 aromatic rings. The van der Waals surface area contributed by atoms with Crippen molar-refractivity contribution in [3.8, 4) is 0 Å². The van der Waals surface area contributed by atoms with E-state index in [-0.39, 0.29) is 12.2 Å². The summed E-state index contributed by atoms with van der Waals surface area (Å²) in [6, 6.07) is 0. The molecule has 0 amide bonds. The fraction of sp³-hybridized carbons (Fsp3) is 0.600. The molecule has 1 atom stereocenters. The van der Waals surface area contributed by atoms with E-state index in [1.165, 1.54) is 0 Å². The lowest BCUT2D eigenvalue weighted by molar-refractivity contribution is 0.203. The largest absolute Gasteiger partial charge is 0.393 e. The van der Waals surface area contributed by atoms with Crippen molar-refractivity contribution in [2.45, 2.75) is 5.60 Å². The number of aliphatic hydroxyl groups excluding tert-OH is 1. The van der Waals surface area contributed by atoms with Crippen LogP contribution in [0.15, 0.2) is 12.7 Å². The second-order valence-electron chi connectivity index (χ2n) is 1.72. The second kappa shape index (κ2) is 1.32. The molecule has 0 radical (unpaired) electrons. The van der Waals surface area contributed by atoms with E-state index in [4.69, 9.17) is 9.84 Å². The third kappa shape index (κ3) is 0.667. The van der Waals surface area contributed by atoms with Gasteiger partial charge < -0.3 is 9.84 Å². The molecule has 1 fully saturated rings. The first-order valence-corrected chi connectivity index (χ1v) is 2.21. The Bertz CT molecular complexity index is 84.1. The number of epoxide rings is 1. The molecule has 40 valence electrons. The topological polar surface area (TPSA) is 32.8 Å². The van der Waals surface area contributed by atoms with Crippen LogP contribution in [-0.4, -0.2) is 23.9 Å². The molecule has 0 bridgehead atoms. The minimum absolute atomic E-state index is 0.0660. The fourth-order valence-electron chi connectivity index (χ4n) is 0.366. The summed E-state index contributed by atoms with van der Waals surface area (Å²) in [6.45, 7) is 4.18. The van der Waals surface area contributed by atoms with Gasteiger partial charge in [-0.2, -0.15) is 0 Å². The van der Waals surface area contributed by atoms with Crippen LogP contribution in [0.1, 0.15) is 0 Å². The zero-order valence-corrected chi connectivity index (χ0v) is 4.05. The summed E-state index contributed by atoms with van der Waals surface area (Å²) in [4.78, 5) is 0. The van der Waals surface area contributed by atoms with Gasteiger partial charge in [-0.15, -0.1) is 6.58 Å². The van der Waals surface area contributed by atoms with E-state index in [0.29, 0.717) is 6.61 Å². The summed E-state index contributed by atoms with van der Waals surface area (Å²) in [5.74, 6) is 0. The minimum atomic E-state index is -0.347. The quantitative estimate of drug-likeness (QED) is 0.389. The zero-order valence-electron chi connectivity index (χ0n) is 4.05. The molecule has 0 unspecified atom stereocenters. The molecule has 0 spiro atoms. The van der Waals surface area contributed by atoms with Crippen LogP contribution in [-0.2, 0) is 4.74 Å². The molecule has 1 rings (SSSR count). The van der Waals surface area contributed by atoms with Crippen LogP contribution in [0.4, 0.5) is 0 Å². The molecule has 1 saturated heterocycles. The third-order valence-corrected chi connectivity index (χ3v) is 1.15. The van der Waals surface area contributed by atoms with Gasteiger partial charge in [0.25, 0.3) is 0 Å². The Hall–Kier alpha value is -0.340. The second-order valence-corrected chi connectivity index (χ2v) is 1.72. The highest BCUT2D eigenvalue weighted by atomic mass is 16.6. The summed E-state index contributed by atoms with van der Waals surface area (Å²) < 4.78 is 4.83. The maximum absolute atomic E-state index is 8.46. The van der Waals surface area contributed by atoms with Crippen molar-refractivity contribution < 1.29 is 9.84 Å². The standard InChI is InChI=1S/C5H8O2/c1-2-5(3-6)4-7-5/h2,6H,1,3-4H2/t5-/m1/s1. The zero-order chi connectivity index (χ0) is 5.33. The van der Waals surface area contributed by atoms with E-state index in [1.54, 1.807) is 6.08 Å². The first kappa shape index (κ1) is 4.81. The molecule has 0 aliphatic carbocycles. The third-order valence-electron chi connectivity index (χ3n) is 1.15. The molecule has 0 aromatic heterocycles. The Morgan fingerprint density at radius 3 is 2.57 bits per heavy atom. The van der Waals surface area contributed by atoms with Gasteiger partial charge in [-0.25, -0.2) is 0 Å². The van der Waals surface area contributed by atoms with Crippen molar-refractivity contribution in [1.29, 1.82) is 0 Å². The van der Waals surface area contributed by atoms with Crippen LogP contribution in [0, 0.1) is 0 Å². The summed E-state index contributed by atoms with van der Waals surface area (Å²) in [5.41, 5.74) is -0.347. The van der Waals surface area contributed by atoms with E-state index < -0.39 is 0 Å². The smallest absolute Gasteiger partial charge is 0.132 e. The lowest BCUT2D eigenvalue weighted by Gasteiger charge is -1.94. The van der Waals surface area contributed by atoms with Crippen LogP contribution in [0.25, 0.3) is 0 Å². The average molecular weight is 100 g/mol. The van der Waals surface area contributed by atoms with Crippen LogP contribution in [0.5, 0.6) is 0 Å². The van der Waals surface area contributed by atoms with E-state index >= 15 is 0 Å². The number of ether oxygens (including phenoxy) is 1. The summed E-state index contributed by atoms with van der Waals surface area (Å²) in [6.07, 6.45) is 1.63. The Kier molecular flexibility index (Phi) is 0.905. The predicted molar refractivity (Wildman–Crippen MR) is 26.0 cm³/mol. The van der Waals surface area contributed by atoms with Gasteiger partial charge in [0.1, 0.15) is 5.60 Å². The summed E-state index contributed by atoms with van der Waals surface area (Å²) in [7, 11) is 0. The van der Waals surface area contributed by atoms with Crippen molar-refractivity contribution in [3.63, 3.8) is 0 Å². The van der Waals surface area contributed by atoms with Gasteiger partial charge in [-0.3, -0.25) is 0 Å². The van der Waals surface area contributed by atoms with E-state index in [9.17, 15) is 0 Å². The van der Waals surface area contributed by atoms with Crippen molar-refractivity contribution in [2.75, 3.05) is 13.2 Å². The van der Waals surface area contributed by atoms with Crippen molar-refractivity contribution >= 4 is 0 Å². The number of aliphatic hydroxyl groups is 1. The first-order chi connectivity index (χ1) is 3.33. The van der Waals surface area contributed by atoms with Gasteiger partial charge in [0.2, 0.25) is 0 Å². The monoisotopic (exact) mass is 100 g/mol. The van der Waals surface area contributed by atoms with Crippen molar-refractivity contribution in [3.05, 3.63) is 12.7 Å². The van der Waals surface area contributed by atoms with Gasteiger partial charge in [0.15, 0.2) is 0 Å². The highest BCUT2D eigenvalue weighted by Gasteiger charge is 2.40. The fourth-order valence-corrected chi connectivity index (χ4v) is 0.366. The molecule has 7 heavy (non-hydrogen) atoms. The average Bonchev–Trinajstić information content (AvgIpc) is 2.46. The van der Waals surface area contributed by atoms with Crippen LogP contribution >= 0.6 is 0 Å². The van der Waals surface area contributed by atoms with Crippen LogP contribution < -0.4 is 0 Å². The Balaban J connectivity index is 2.42. The highest BCUT2D eigenvalue weighted by molar-refractivity contribution is 5.06. The van der Waals surface area contributed by atoms with Gasteiger partial charge in [-0.05, 0) is 0 Å². The summed E-state index contributed by atoms with van der Waals surface area (Å²) in [5, 5.41) is 8.46. The van der Waals surface area contributed by atoms with Gasteiger partial charge in [0, 0.05) is 0 Å². The van der Waals surface area contributed by atoms with Crippen molar-refractivity contribution in [1.82, 2.24) is 0 Å². The van der Waals surface area contributed by atoms with E-state index in [2.05, 4.69) is 6.58 Å². The Labute approximate surface area is 42.4 Å². The molecule has 2 nitrogen and oxygen atoms in total. The SMILES string of the molecule is C=C[C@@]1(CO)CO1. The number of hydrogen-bond acceptors (Lipinski definition) is 2. The Morgan fingerprint density at radius 1 is 2.00 bits per heavy atom. The first-order valence-electron chi connectivity index (χ1n) is 2.21. The lowest BCUT2D eigenvalue weighted by atomic mass is 10.2. The Morgan fingerprint density at radius 2 is 2.57 bits per heavy atom. The van der Waals surface area contributed by atoms with E-state index in [0.717, 1.165) is 0 Å². The molecule has 0 aromatic carbocycles. The minimum Gasteiger partial charge on any atom is -0.393 e. The molecular weight excluding hydrogens is 92.1 g/mol. The molecular formula is C5H8O2. The van der Waals surface area contributed by atoms with Gasteiger partial charge >= 0.3 is 0 Å². The number of rotatable bonds is 2. The van der Waals surface area contributed by atoms with Gasteiger partial charge in [0.05, 0.1) is 13.2 Å². The normalized spacial score (nSPS) is 37.9. The van der Waals surface area contributed by atoms with Crippen molar-refractivity contribution in [2.24, 2.45) is 0 Å². The maximum atomic E-state index is 8.46. The van der Waals surface area contributed by atoms with Crippen LogP contribution in [0.3, 0.4) is 0 Å². The summed E-state index contributed by atoms with van der Waals surface area (Å²) >= 11 is 0. The molecule has 1 aliphatic heterocycles. The highest BCUT2D eigenvalue weighted by Crippen LogP contribution is 2.26. The maximum Gasteiger partial charge on any atom is 0.132 e. The molecule has 1 heterocycles. The number of hydrogen-bond donors (Lipinski definition) is 1. The molecule has 1 aliphatic rings. The van der Waals surface area contributed by atoms with Gasteiger partial charge in [-0.1, -0.05) is 6.08 Å². The molecule has 0 saturated carbocycles. The lowest BCUT2D eigenvalue weighted by Crippen LogP contribution is -2.11. The van der Waals surface area contributed by atoms with E-state index in [1.807, 2.05) is 0 Å². The molecule has 2 heteroatoms.